The molecular weight excluding hydrogens is 398 g/mol. The van der Waals surface area contributed by atoms with Crippen LogP contribution in [0.4, 0.5) is 0 Å². The van der Waals surface area contributed by atoms with E-state index < -0.39 is 5.91 Å². The largest absolute Gasteiger partial charge is 0.439 e. The number of rotatable bonds is 12. The van der Waals surface area contributed by atoms with E-state index in [2.05, 4.69) is 66.2 Å². The van der Waals surface area contributed by atoms with Crippen LogP contribution in [0.2, 0.25) is 0 Å². The topological polar surface area (TPSA) is 68.5 Å². The lowest BCUT2D eigenvalue weighted by Gasteiger charge is -2.26. The summed E-state index contributed by atoms with van der Waals surface area (Å²) in [7, 11) is 0. The maximum atomic E-state index is 11.2. The molecule has 0 aliphatic carbocycles. The molecule has 1 aromatic heterocycles. The van der Waals surface area contributed by atoms with Gasteiger partial charge in [-0.3, -0.25) is 9.69 Å². The Morgan fingerprint density at radius 2 is 1.78 bits per heavy atom. The first kappa shape index (κ1) is 23.5. The van der Waals surface area contributed by atoms with Gasteiger partial charge in [0.2, 0.25) is 11.8 Å². The Hall–Kier alpha value is -3.18. The van der Waals surface area contributed by atoms with Crippen LogP contribution in [0.25, 0.3) is 0 Å². The van der Waals surface area contributed by atoms with Crippen molar-refractivity contribution in [2.75, 3.05) is 13.1 Å². The summed E-state index contributed by atoms with van der Waals surface area (Å²) in [6.07, 6.45) is 5.15. The van der Waals surface area contributed by atoms with Crippen LogP contribution < -0.4 is 10.5 Å². The van der Waals surface area contributed by atoms with Crippen LogP contribution in [0.5, 0.6) is 11.6 Å². The number of primary amides is 1. The lowest BCUT2D eigenvalue weighted by atomic mass is 10.00. The van der Waals surface area contributed by atoms with Crippen LogP contribution in [-0.4, -0.2) is 28.9 Å². The Kier molecular flexibility index (Phi) is 8.81. The van der Waals surface area contributed by atoms with Crippen LogP contribution in [0.15, 0.2) is 72.9 Å². The molecule has 0 fully saturated rings. The van der Waals surface area contributed by atoms with Gasteiger partial charge in [0.1, 0.15) is 5.75 Å². The van der Waals surface area contributed by atoms with E-state index in [-0.39, 0.29) is 0 Å². The monoisotopic (exact) mass is 431 g/mol. The van der Waals surface area contributed by atoms with E-state index in [1.165, 1.54) is 36.6 Å². The number of pyridine rings is 1. The predicted molar refractivity (Wildman–Crippen MR) is 129 cm³/mol. The van der Waals surface area contributed by atoms with E-state index in [0.717, 1.165) is 19.6 Å². The summed E-state index contributed by atoms with van der Waals surface area (Å²) in [4.78, 5) is 17.9. The van der Waals surface area contributed by atoms with Crippen LogP contribution in [0, 0.1) is 0 Å². The third-order valence-corrected chi connectivity index (χ3v) is 5.55. The molecule has 3 rings (SSSR count). The SMILES string of the molecule is CCCCCN(Cc1ccccc1)CC(C)c1ccc(Oc2ccc(C(N)=O)cn2)cc1. The maximum absolute atomic E-state index is 11.2. The van der Waals surface area contributed by atoms with E-state index in [4.69, 9.17) is 10.5 Å². The number of nitrogens with zero attached hydrogens (tertiary/aromatic N) is 2. The van der Waals surface area contributed by atoms with Gasteiger partial charge < -0.3 is 10.5 Å². The molecule has 1 amide bonds. The van der Waals surface area contributed by atoms with Crippen molar-refractivity contribution >= 4 is 5.91 Å². The standard InChI is InChI=1S/C27H33N3O2/c1-3-4-8-17-30(20-22-9-6-5-7-10-22)19-21(2)23-11-14-25(15-12-23)32-26-16-13-24(18-29-26)27(28)31/h5-7,9-16,18,21H,3-4,8,17,19-20H2,1-2H3,(H2,28,31). The van der Waals surface area contributed by atoms with Crippen molar-refractivity contribution in [2.45, 2.75) is 45.6 Å². The van der Waals surface area contributed by atoms with Gasteiger partial charge in [0, 0.05) is 25.4 Å². The number of carbonyl (C=O) groups is 1. The average Bonchev–Trinajstić information content (AvgIpc) is 2.80. The molecule has 0 aliphatic rings. The zero-order valence-electron chi connectivity index (χ0n) is 19.0. The fourth-order valence-corrected chi connectivity index (χ4v) is 3.73. The second kappa shape index (κ2) is 12.0. The maximum Gasteiger partial charge on any atom is 0.250 e. The zero-order valence-corrected chi connectivity index (χ0v) is 19.0. The highest BCUT2D eigenvalue weighted by molar-refractivity contribution is 5.92. The summed E-state index contributed by atoms with van der Waals surface area (Å²) in [6.45, 7) is 7.62. The Morgan fingerprint density at radius 1 is 1.03 bits per heavy atom. The Labute approximate surface area is 191 Å². The minimum Gasteiger partial charge on any atom is -0.439 e. The van der Waals surface area contributed by atoms with Crippen molar-refractivity contribution in [3.8, 4) is 11.6 Å². The normalized spacial score (nSPS) is 12.0. The molecular formula is C27H33N3O2. The second-order valence-electron chi connectivity index (χ2n) is 8.25. The van der Waals surface area contributed by atoms with Crippen molar-refractivity contribution in [1.82, 2.24) is 9.88 Å². The summed E-state index contributed by atoms with van der Waals surface area (Å²) in [5, 5.41) is 0. The Bertz CT molecular complexity index is 956. The fraction of sp³-hybridized carbons (Fsp3) is 0.333. The molecule has 0 saturated heterocycles. The average molecular weight is 432 g/mol. The van der Waals surface area contributed by atoms with E-state index in [0.29, 0.717) is 23.1 Å². The molecule has 0 aliphatic heterocycles. The Balaban J connectivity index is 1.60. The molecule has 1 atom stereocenters. The number of amides is 1. The summed E-state index contributed by atoms with van der Waals surface area (Å²) < 4.78 is 5.80. The third-order valence-electron chi connectivity index (χ3n) is 5.55. The highest BCUT2D eigenvalue weighted by Crippen LogP contribution is 2.24. The first-order valence-electron chi connectivity index (χ1n) is 11.3. The second-order valence-corrected chi connectivity index (χ2v) is 8.25. The van der Waals surface area contributed by atoms with Gasteiger partial charge >= 0.3 is 0 Å². The van der Waals surface area contributed by atoms with Gasteiger partial charge in [-0.1, -0.05) is 69.2 Å². The lowest BCUT2D eigenvalue weighted by Crippen LogP contribution is -2.28. The van der Waals surface area contributed by atoms with Crippen molar-refractivity contribution in [2.24, 2.45) is 5.73 Å². The number of benzene rings is 2. The molecule has 0 spiro atoms. The van der Waals surface area contributed by atoms with E-state index in [1.807, 2.05) is 12.1 Å². The number of carbonyl (C=O) groups excluding carboxylic acids is 1. The van der Waals surface area contributed by atoms with E-state index in [9.17, 15) is 4.79 Å². The van der Waals surface area contributed by atoms with Crippen LogP contribution in [0.1, 0.15) is 60.5 Å². The number of unbranched alkanes of at least 4 members (excludes halogenated alkanes) is 2. The molecule has 32 heavy (non-hydrogen) atoms. The molecule has 5 heteroatoms. The highest BCUT2D eigenvalue weighted by atomic mass is 16.5. The molecule has 3 aromatic rings. The van der Waals surface area contributed by atoms with Gasteiger partial charge in [0.15, 0.2) is 0 Å². The van der Waals surface area contributed by atoms with E-state index in [1.54, 1.807) is 12.1 Å². The molecule has 5 nitrogen and oxygen atoms in total. The van der Waals surface area contributed by atoms with Crippen molar-refractivity contribution in [1.29, 1.82) is 0 Å². The van der Waals surface area contributed by atoms with Crippen molar-refractivity contribution in [3.05, 3.63) is 89.6 Å². The number of aromatic nitrogens is 1. The molecule has 2 N–H and O–H groups in total. The summed E-state index contributed by atoms with van der Waals surface area (Å²) in [5.74, 6) is 1.05. The van der Waals surface area contributed by atoms with E-state index >= 15 is 0 Å². The third kappa shape index (κ3) is 7.20. The van der Waals surface area contributed by atoms with Gasteiger partial charge in [0.05, 0.1) is 5.56 Å². The lowest BCUT2D eigenvalue weighted by molar-refractivity contribution is 0.1000. The quantitative estimate of drug-likeness (QED) is 0.370. The Morgan fingerprint density at radius 3 is 2.41 bits per heavy atom. The van der Waals surface area contributed by atoms with Gasteiger partial charge in [-0.15, -0.1) is 0 Å². The summed E-state index contributed by atoms with van der Waals surface area (Å²) >= 11 is 0. The van der Waals surface area contributed by atoms with Crippen LogP contribution in [-0.2, 0) is 6.54 Å². The van der Waals surface area contributed by atoms with Crippen molar-refractivity contribution in [3.63, 3.8) is 0 Å². The van der Waals surface area contributed by atoms with Crippen LogP contribution in [0.3, 0.4) is 0 Å². The molecule has 0 saturated carbocycles. The summed E-state index contributed by atoms with van der Waals surface area (Å²) in [6, 6.07) is 22.1. The first-order valence-corrected chi connectivity index (χ1v) is 11.3. The fourth-order valence-electron chi connectivity index (χ4n) is 3.73. The number of nitrogens with two attached hydrogens (primary N) is 1. The predicted octanol–water partition coefficient (Wildman–Crippen LogP) is 5.77. The van der Waals surface area contributed by atoms with Crippen LogP contribution >= 0.6 is 0 Å². The van der Waals surface area contributed by atoms with Gasteiger partial charge in [-0.2, -0.15) is 0 Å². The first-order chi connectivity index (χ1) is 15.5. The highest BCUT2D eigenvalue weighted by Gasteiger charge is 2.13. The van der Waals surface area contributed by atoms with Gasteiger partial charge in [0.25, 0.3) is 0 Å². The van der Waals surface area contributed by atoms with Crippen molar-refractivity contribution < 1.29 is 9.53 Å². The number of ether oxygens (including phenoxy) is 1. The molecule has 2 aromatic carbocycles. The molecule has 0 radical (unpaired) electrons. The number of hydrogen-bond acceptors (Lipinski definition) is 4. The molecule has 1 heterocycles. The molecule has 1 unspecified atom stereocenters. The molecule has 168 valence electrons. The number of hydrogen-bond donors (Lipinski definition) is 1. The minimum absolute atomic E-state index is 0.362. The van der Waals surface area contributed by atoms with Gasteiger partial charge in [-0.25, -0.2) is 4.98 Å². The zero-order chi connectivity index (χ0) is 22.8. The minimum atomic E-state index is -0.501. The molecule has 0 bridgehead atoms. The smallest absolute Gasteiger partial charge is 0.250 e. The summed E-state index contributed by atoms with van der Waals surface area (Å²) in [5.41, 5.74) is 8.25. The van der Waals surface area contributed by atoms with Gasteiger partial charge in [-0.05, 0) is 48.2 Å².